The fourth-order valence-electron chi connectivity index (χ4n) is 4.80. The van der Waals surface area contributed by atoms with Crippen LogP contribution in [0.3, 0.4) is 0 Å². The number of halogens is 1. The van der Waals surface area contributed by atoms with Crippen molar-refractivity contribution in [3.63, 3.8) is 0 Å². The molecule has 0 radical (unpaired) electrons. The van der Waals surface area contributed by atoms with Crippen molar-refractivity contribution in [2.24, 2.45) is 0 Å². The summed E-state index contributed by atoms with van der Waals surface area (Å²) >= 11 is 0. The molecule has 0 N–H and O–H groups in total. The standard InChI is InChI=1S/C23H28FN2O2/c1-26(2)19-12-13-20(26)15-21(14-19)28-23(27)25(18-9-4-3-5-10-18)16-17-8-6-7-11-22(17)24/h3-11,19-21H,12-16H2,1-2H3/q+1. The fraction of sp³-hybridized carbons (Fsp3) is 0.435. The number of amides is 1. The first-order valence-corrected chi connectivity index (χ1v) is 10.0. The Kier molecular flexibility index (Phi) is 5.11. The first-order chi connectivity index (χ1) is 13.4. The molecule has 0 aliphatic carbocycles. The number of carbonyl (C=O) groups excluding carboxylic acids is 1. The minimum atomic E-state index is -0.397. The summed E-state index contributed by atoms with van der Waals surface area (Å²) in [7, 11) is 4.57. The minimum Gasteiger partial charge on any atom is -0.445 e. The summed E-state index contributed by atoms with van der Waals surface area (Å²) in [5, 5.41) is 0. The fourth-order valence-corrected chi connectivity index (χ4v) is 4.80. The smallest absolute Gasteiger partial charge is 0.414 e. The second kappa shape index (κ2) is 7.55. The molecule has 2 aromatic carbocycles. The van der Waals surface area contributed by atoms with Crippen molar-refractivity contribution in [1.29, 1.82) is 0 Å². The highest BCUT2D eigenvalue weighted by atomic mass is 19.1. The highest BCUT2D eigenvalue weighted by Crippen LogP contribution is 2.40. The summed E-state index contributed by atoms with van der Waals surface area (Å²) in [6.45, 7) is 0.149. The van der Waals surface area contributed by atoms with E-state index in [2.05, 4.69) is 14.1 Å². The van der Waals surface area contributed by atoms with Crippen molar-refractivity contribution in [3.05, 3.63) is 66.0 Å². The number of hydrogen-bond acceptors (Lipinski definition) is 2. The predicted molar refractivity (Wildman–Crippen MR) is 107 cm³/mol. The van der Waals surface area contributed by atoms with Gasteiger partial charge < -0.3 is 9.22 Å². The van der Waals surface area contributed by atoms with Gasteiger partial charge in [0.15, 0.2) is 0 Å². The lowest BCUT2D eigenvalue weighted by Gasteiger charge is -2.44. The van der Waals surface area contributed by atoms with Crippen LogP contribution in [0.15, 0.2) is 54.6 Å². The third-order valence-corrected chi connectivity index (χ3v) is 6.63. The predicted octanol–water partition coefficient (Wildman–Crippen LogP) is 4.74. The summed E-state index contributed by atoms with van der Waals surface area (Å²) in [6, 6.07) is 17.0. The highest BCUT2D eigenvalue weighted by Gasteiger charge is 2.50. The molecule has 2 aliphatic rings. The summed E-state index contributed by atoms with van der Waals surface area (Å²) in [5.74, 6) is -0.314. The molecule has 5 heteroatoms. The summed E-state index contributed by atoms with van der Waals surface area (Å²) in [4.78, 5) is 14.6. The number of piperidine rings is 1. The largest absolute Gasteiger partial charge is 0.445 e. The quantitative estimate of drug-likeness (QED) is 0.714. The van der Waals surface area contributed by atoms with Crippen LogP contribution in [0.4, 0.5) is 14.9 Å². The van der Waals surface area contributed by atoms with Crippen molar-refractivity contribution < 1.29 is 18.4 Å². The van der Waals surface area contributed by atoms with Gasteiger partial charge in [0.05, 0.1) is 32.7 Å². The SMILES string of the molecule is C[N+]1(C)C2CCC1CC(OC(=O)N(Cc1ccccc1F)c1ccccc1)C2. The zero-order valence-corrected chi connectivity index (χ0v) is 16.6. The maximum Gasteiger partial charge on any atom is 0.414 e. The number of fused-ring (bicyclic) bond motifs is 2. The van der Waals surface area contributed by atoms with E-state index in [1.807, 2.05) is 30.3 Å². The molecule has 2 fully saturated rings. The van der Waals surface area contributed by atoms with Crippen LogP contribution >= 0.6 is 0 Å². The van der Waals surface area contributed by atoms with Crippen LogP contribution in [0.1, 0.15) is 31.2 Å². The van der Waals surface area contributed by atoms with E-state index in [4.69, 9.17) is 4.74 Å². The average molecular weight is 383 g/mol. The molecule has 4 nitrogen and oxygen atoms in total. The van der Waals surface area contributed by atoms with Crippen molar-refractivity contribution in [1.82, 2.24) is 0 Å². The first-order valence-electron chi connectivity index (χ1n) is 10.0. The van der Waals surface area contributed by atoms with Gasteiger partial charge in [0.1, 0.15) is 11.9 Å². The van der Waals surface area contributed by atoms with Crippen LogP contribution in [-0.4, -0.2) is 42.9 Å². The van der Waals surface area contributed by atoms with Gasteiger partial charge in [-0.2, -0.15) is 0 Å². The molecule has 2 saturated heterocycles. The molecule has 28 heavy (non-hydrogen) atoms. The highest BCUT2D eigenvalue weighted by molar-refractivity contribution is 5.87. The molecule has 148 valence electrons. The van der Waals surface area contributed by atoms with Crippen molar-refractivity contribution in [2.75, 3.05) is 19.0 Å². The van der Waals surface area contributed by atoms with Crippen molar-refractivity contribution in [3.8, 4) is 0 Å². The van der Waals surface area contributed by atoms with Crippen LogP contribution < -0.4 is 4.90 Å². The van der Waals surface area contributed by atoms with Crippen LogP contribution in [0.25, 0.3) is 0 Å². The lowest BCUT2D eigenvalue weighted by molar-refractivity contribution is -0.931. The Morgan fingerprint density at radius 1 is 1.04 bits per heavy atom. The van der Waals surface area contributed by atoms with Gasteiger partial charge in [-0.25, -0.2) is 9.18 Å². The topological polar surface area (TPSA) is 29.5 Å². The molecule has 2 unspecified atom stereocenters. The van der Waals surface area contributed by atoms with E-state index < -0.39 is 6.09 Å². The number of carbonyl (C=O) groups is 1. The monoisotopic (exact) mass is 383 g/mol. The Labute approximate surface area is 166 Å². The van der Waals surface area contributed by atoms with Gasteiger partial charge in [0, 0.05) is 36.9 Å². The number of rotatable bonds is 4. The maximum atomic E-state index is 14.2. The third kappa shape index (κ3) is 3.63. The molecule has 0 aromatic heterocycles. The summed E-state index contributed by atoms with van der Waals surface area (Å²) in [5.41, 5.74) is 1.19. The number of hydrogen-bond donors (Lipinski definition) is 0. The number of para-hydroxylation sites is 1. The Morgan fingerprint density at radius 3 is 2.29 bits per heavy atom. The van der Waals surface area contributed by atoms with Gasteiger partial charge in [0.2, 0.25) is 0 Å². The second-order valence-electron chi connectivity index (χ2n) is 8.50. The normalized spacial score (nSPS) is 25.3. The van der Waals surface area contributed by atoms with Crippen LogP contribution in [0.5, 0.6) is 0 Å². The summed E-state index contributed by atoms with van der Waals surface area (Å²) in [6.07, 6.45) is 3.73. The molecule has 2 aromatic rings. The molecule has 2 bridgehead atoms. The molecule has 2 aliphatic heterocycles. The zero-order chi connectivity index (χ0) is 19.7. The summed E-state index contributed by atoms with van der Waals surface area (Å²) < 4.78 is 21.2. The van der Waals surface area contributed by atoms with Gasteiger partial charge in [-0.05, 0) is 18.2 Å². The van der Waals surface area contributed by atoms with Crippen LogP contribution in [0, 0.1) is 5.82 Å². The second-order valence-corrected chi connectivity index (χ2v) is 8.50. The van der Waals surface area contributed by atoms with E-state index in [0.717, 1.165) is 17.3 Å². The van der Waals surface area contributed by atoms with E-state index in [9.17, 15) is 9.18 Å². The average Bonchev–Trinajstić information content (AvgIpc) is 2.85. The molecule has 1 amide bonds. The number of anilines is 1. The Hall–Kier alpha value is -2.40. The Bertz CT molecular complexity index is 824. The molecule has 0 saturated carbocycles. The molecule has 4 rings (SSSR count). The number of ether oxygens (including phenoxy) is 1. The Morgan fingerprint density at radius 2 is 1.64 bits per heavy atom. The number of quaternary nitrogens is 1. The zero-order valence-electron chi connectivity index (χ0n) is 16.6. The van der Waals surface area contributed by atoms with E-state index in [1.165, 1.54) is 23.8 Å². The lowest BCUT2D eigenvalue weighted by Crippen LogP contribution is -2.56. The number of benzene rings is 2. The first kappa shape index (κ1) is 18.9. The number of nitrogens with zero attached hydrogens (tertiary/aromatic N) is 2. The van der Waals surface area contributed by atoms with Gasteiger partial charge >= 0.3 is 6.09 Å². The third-order valence-electron chi connectivity index (χ3n) is 6.63. The molecule has 2 atom stereocenters. The van der Waals surface area contributed by atoms with Gasteiger partial charge in [0.25, 0.3) is 0 Å². The van der Waals surface area contributed by atoms with E-state index in [0.29, 0.717) is 23.3 Å². The van der Waals surface area contributed by atoms with Crippen molar-refractivity contribution in [2.45, 2.75) is 50.4 Å². The Balaban J connectivity index is 1.52. The maximum absolute atomic E-state index is 14.2. The van der Waals surface area contributed by atoms with Crippen LogP contribution in [-0.2, 0) is 11.3 Å². The van der Waals surface area contributed by atoms with Gasteiger partial charge in [-0.1, -0.05) is 36.4 Å². The van der Waals surface area contributed by atoms with E-state index in [1.54, 1.807) is 18.2 Å². The van der Waals surface area contributed by atoms with E-state index in [-0.39, 0.29) is 18.5 Å². The minimum absolute atomic E-state index is 0.0667. The molecular weight excluding hydrogens is 355 g/mol. The van der Waals surface area contributed by atoms with Gasteiger partial charge in [-0.3, -0.25) is 4.90 Å². The van der Waals surface area contributed by atoms with Gasteiger partial charge in [-0.15, -0.1) is 0 Å². The lowest BCUT2D eigenvalue weighted by atomic mass is 9.98. The molecular formula is C23H28FN2O2+. The molecule has 2 heterocycles. The van der Waals surface area contributed by atoms with E-state index >= 15 is 0 Å². The molecule has 0 spiro atoms. The van der Waals surface area contributed by atoms with Crippen molar-refractivity contribution >= 4 is 11.8 Å². The van der Waals surface area contributed by atoms with Crippen LogP contribution in [0.2, 0.25) is 0 Å².